The molecule has 1 saturated carbocycles. The van der Waals surface area contributed by atoms with Crippen molar-refractivity contribution in [3.05, 3.63) is 18.0 Å². The van der Waals surface area contributed by atoms with Gasteiger partial charge in [0.2, 0.25) is 5.95 Å². The second kappa shape index (κ2) is 25.5. The maximum Gasteiger partial charge on any atom is 0.220 e. The van der Waals surface area contributed by atoms with Crippen LogP contribution in [0.1, 0.15) is 92.2 Å². The minimum absolute atomic E-state index is 0.0359. The predicted octanol–water partition coefficient (Wildman–Crippen LogP) is 4.84. The van der Waals surface area contributed by atoms with Crippen molar-refractivity contribution >= 4 is 12.2 Å². The fourth-order valence-electron chi connectivity index (χ4n) is 2.27. The molecular formula is C22H47N5O. The fourth-order valence-corrected chi connectivity index (χ4v) is 2.27. The van der Waals surface area contributed by atoms with Gasteiger partial charge in [0.25, 0.3) is 0 Å². The monoisotopic (exact) mass is 397 g/mol. The van der Waals surface area contributed by atoms with Crippen molar-refractivity contribution in [3.63, 3.8) is 0 Å². The summed E-state index contributed by atoms with van der Waals surface area (Å²) in [5.41, 5.74) is 6.32. The number of hydrogen-bond acceptors (Lipinski definition) is 6. The lowest BCUT2D eigenvalue weighted by atomic mass is 9.98. The summed E-state index contributed by atoms with van der Waals surface area (Å²) in [6.07, 6.45) is 9.40. The number of anilines is 1. The molecule has 2 rings (SSSR count). The molecule has 0 radical (unpaired) electrons. The Kier molecular flexibility index (Phi) is 28.4. The van der Waals surface area contributed by atoms with E-state index in [1.807, 2.05) is 46.9 Å². The van der Waals surface area contributed by atoms with E-state index in [-0.39, 0.29) is 12.0 Å². The van der Waals surface area contributed by atoms with Crippen LogP contribution in [-0.2, 0) is 0 Å². The molecule has 0 saturated heterocycles. The molecule has 28 heavy (non-hydrogen) atoms. The zero-order valence-electron chi connectivity index (χ0n) is 19.7. The molecular weight excluding hydrogens is 350 g/mol. The van der Waals surface area contributed by atoms with E-state index in [1.165, 1.54) is 19.3 Å². The number of aliphatic hydroxyl groups is 1. The Morgan fingerprint density at radius 2 is 1.71 bits per heavy atom. The normalized spacial score (nSPS) is 14.0. The molecule has 0 aliphatic heterocycles. The van der Waals surface area contributed by atoms with Gasteiger partial charge in [-0.1, -0.05) is 67.7 Å². The molecule has 6 heteroatoms. The van der Waals surface area contributed by atoms with E-state index in [2.05, 4.69) is 34.1 Å². The second-order valence-corrected chi connectivity index (χ2v) is 5.78. The van der Waals surface area contributed by atoms with Crippen molar-refractivity contribution in [3.8, 4) is 0 Å². The van der Waals surface area contributed by atoms with E-state index in [0.717, 1.165) is 31.6 Å². The van der Waals surface area contributed by atoms with Crippen LogP contribution in [0.15, 0.2) is 17.3 Å². The molecule has 1 atom stereocenters. The summed E-state index contributed by atoms with van der Waals surface area (Å²) in [4.78, 5) is 11.8. The van der Waals surface area contributed by atoms with Crippen molar-refractivity contribution in [2.75, 3.05) is 25.9 Å². The van der Waals surface area contributed by atoms with Gasteiger partial charge in [0, 0.05) is 25.4 Å². The van der Waals surface area contributed by atoms with Crippen molar-refractivity contribution < 1.29 is 5.11 Å². The Balaban J connectivity index is -0.000000334. The van der Waals surface area contributed by atoms with Gasteiger partial charge in [0.15, 0.2) is 0 Å². The number of aromatic nitrogens is 2. The number of aliphatic hydroxyl groups excluding tert-OH is 1. The van der Waals surface area contributed by atoms with Gasteiger partial charge in [-0.25, -0.2) is 9.97 Å². The number of rotatable bonds is 4. The Morgan fingerprint density at radius 1 is 1.18 bits per heavy atom. The van der Waals surface area contributed by atoms with Crippen LogP contribution >= 0.6 is 0 Å². The number of hydrogen-bond donors (Lipinski definition) is 3. The first kappa shape index (κ1) is 31.2. The van der Waals surface area contributed by atoms with Gasteiger partial charge in [-0.2, -0.15) is 0 Å². The SMILES string of the molecule is CC.CC.CCNCC.CN=CC(C)c1ccnc(N)n1.OC1CCCCC1. The van der Waals surface area contributed by atoms with E-state index < -0.39 is 0 Å². The lowest BCUT2D eigenvalue weighted by Crippen LogP contribution is -2.09. The van der Waals surface area contributed by atoms with Crippen LogP contribution in [0.4, 0.5) is 5.95 Å². The largest absolute Gasteiger partial charge is 0.393 e. The second-order valence-electron chi connectivity index (χ2n) is 5.78. The van der Waals surface area contributed by atoms with Gasteiger partial charge in [0.05, 0.1) is 11.8 Å². The van der Waals surface area contributed by atoms with Crippen LogP contribution in [0, 0.1) is 0 Å². The predicted molar refractivity (Wildman–Crippen MR) is 125 cm³/mol. The van der Waals surface area contributed by atoms with Crippen LogP contribution in [0.5, 0.6) is 0 Å². The summed E-state index contributed by atoms with van der Waals surface area (Å²) in [6.45, 7) is 16.4. The molecule has 6 nitrogen and oxygen atoms in total. The van der Waals surface area contributed by atoms with E-state index >= 15 is 0 Å². The zero-order valence-corrected chi connectivity index (χ0v) is 19.7. The topological polar surface area (TPSA) is 96.4 Å². The first-order valence-electron chi connectivity index (χ1n) is 10.9. The van der Waals surface area contributed by atoms with Crippen LogP contribution in [-0.4, -0.2) is 47.5 Å². The summed E-state index contributed by atoms with van der Waals surface area (Å²) >= 11 is 0. The molecule has 1 heterocycles. The fraction of sp³-hybridized carbons (Fsp3) is 0.773. The van der Waals surface area contributed by atoms with Crippen LogP contribution in [0.3, 0.4) is 0 Å². The Labute approximate surface area is 174 Å². The lowest BCUT2D eigenvalue weighted by molar-refractivity contribution is 0.130. The van der Waals surface area contributed by atoms with Crippen molar-refractivity contribution in [2.24, 2.45) is 4.99 Å². The number of nitrogens with zero attached hydrogens (tertiary/aromatic N) is 3. The summed E-state index contributed by atoms with van der Waals surface area (Å²) in [7, 11) is 1.74. The maximum atomic E-state index is 8.91. The van der Waals surface area contributed by atoms with Crippen LogP contribution in [0.25, 0.3) is 0 Å². The molecule has 1 aromatic rings. The highest BCUT2D eigenvalue weighted by Gasteiger charge is 2.07. The lowest BCUT2D eigenvalue weighted by Gasteiger charge is -2.14. The van der Waals surface area contributed by atoms with E-state index in [1.54, 1.807) is 13.2 Å². The molecule has 0 bridgehead atoms. The van der Waals surface area contributed by atoms with Crippen LogP contribution < -0.4 is 11.1 Å². The number of nitrogens with two attached hydrogens (primary N) is 1. The third-order valence-electron chi connectivity index (χ3n) is 3.61. The third kappa shape index (κ3) is 20.8. The molecule has 1 aliphatic rings. The van der Waals surface area contributed by atoms with E-state index in [4.69, 9.17) is 10.8 Å². The number of nitrogens with one attached hydrogen (secondary N) is 1. The van der Waals surface area contributed by atoms with Crippen molar-refractivity contribution in [2.45, 2.75) is 92.6 Å². The molecule has 166 valence electrons. The van der Waals surface area contributed by atoms with Gasteiger partial charge in [-0.15, -0.1) is 0 Å². The molecule has 0 aromatic carbocycles. The minimum atomic E-state index is 0.0359. The van der Waals surface area contributed by atoms with E-state index in [9.17, 15) is 0 Å². The highest BCUT2D eigenvalue weighted by atomic mass is 16.3. The van der Waals surface area contributed by atoms with Gasteiger partial charge in [-0.3, -0.25) is 0 Å². The molecule has 1 aromatic heterocycles. The van der Waals surface area contributed by atoms with Crippen LogP contribution in [0.2, 0.25) is 0 Å². The molecule has 1 aliphatic carbocycles. The third-order valence-corrected chi connectivity index (χ3v) is 3.61. The van der Waals surface area contributed by atoms with Gasteiger partial charge < -0.3 is 21.1 Å². The highest BCUT2D eigenvalue weighted by Crippen LogP contribution is 2.16. The quantitative estimate of drug-likeness (QED) is 0.632. The van der Waals surface area contributed by atoms with Gasteiger partial charge in [-0.05, 0) is 32.0 Å². The van der Waals surface area contributed by atoms with E-state index in [0.29, 0.717) is 5.95 Å². The highest BCUT2D eigenvalue weighted by molar-refractivity contribution is 5.66. The molecule has 0 amide bonds. The molecule has 4 N–H and O–H groups in total. The standard InChI is InChI=1S/C8H12N4.C6H12O.C4H11N.2C2H6/c1-6(5-10-2)7-3-4-11-8(9)12-7;7-6-4-2-1-3-5-6;1-3-5-4-2;2*1-2/h3-6H,1-2H3,(H2,9,11,12);6-7H,1-5H2;5H,3-4H2,1-2H3;2*1-2H3. The zero-order chi connectivity index (χ0) is 22.2. The summed E-state index contributed by atoms with van der Waals surface area (Å²) in [6, 6.07) is 1.84. The minimum Gasteiger partial charge on any atom is -0.393 e. The molecule has 1 unspecified atom stereocenters. The number of aliphatic imine (C=N–C) groups is 1. The number of nitrogen functional groups attached to an aromatic ring is 1. The van der Waals surface area contributed by atoms with Crippen molar-refractivity contribution in [1.29, 1.82) is 0 Å². The van der Waals surface area contributed by atoms with Crippen molar-refractivity contribution in [1.82, 2.24) is 15.3 Å². The van der Waals surface area contributed by atoms with Gasteiger partial charge in [0.1, 0.15) is 0 Å². The summed E-state index contributed by atoms with van der Waals surface area (Å²) in [5, 5.41) is 12.0. The average Bonchev–Trinajstić information content (AvgIpc) is 2.73. The molecule has 1 fully saturated rings. The first-order valence-corrected chi connectivity index (χ1v) is 10.9. The Morgan fingerprint density at radius 3 is 2.04 bits per heavy atom. The summed E-state index contributed by atoms with van der Waals surface area (Å²) < 4.78 is 0. The maximum absolute atomic E-state index is 8.91. The summed E-state index contributed by atoms with van der Waals surface area (Å²) in [5.74, 6) is 0.504. The Bertz CT molecular complexity index is 433. The molecule has 0 spiro atoms. The Hall–Kier alpha value is -1.53. The average molecular weight is 398 g/mol. The first-order chi connectivity index (χ1) is 13.5. The van der Waals surface area contributed by atoms with Gasteiger partial charge >= 0.3 is 0 Å². The smallest absolute Gasteiger partial charge is 0.220 e.